The second-order valence-electron chi connectivity index (χ2n) is 8.71. The highest BCUT2D eigenvalue weighted by Crippen LogP contribution is 2.30. The predicted octanol–water partition coefficient (Wildman–Crippen LogP) is 2.93. The average molecular weight is 478 g/mol. The second-order valence-corrected chi connectivity index (χ2v) is 11.4. The van der Waals surface area contributed by atoms with Gasteiger partial charge in [0.2, 0.25) is 5.95 Å². The zero-order valence-corrected chi connectivity index (χ0v) is 19.9. The van der Waals surface area contributed by atoms with Crippen molar-refractivity contribution in [3.05, 3.63) is 66.0 Å². The van der Waals surface area contributed by atoms with Gasteiger partial charge in [-0.3, -0.25) is 4.21 Å². The average Bonchev–Trinajstić information content (AvgIpc) is 3.21. The molecular weight excluding hydrogens is 450 g/mol. The van der Waals surface area contributed by atoms with Crippen LogP contribution in [0.2, 0.25) is 0 Å². The first kappa shape index (κ1) is 22.4. The summed E-state index contributed by atoms with van der Waals surface area (Å²) < 4.78 is 19.7. The monoisotopic (exact) mass is 477 g/mol. The largest absolute Gasteiger partial charge is 0.508 e. The minimum Gasteiger partial charge on any atom is -0.508 e. The molecule has 2 aromatic heterocycles. The summed E-state index contributed by atoms with van der Waals surface area (Å²) in [4.78, 5) is 16.5. The number of nitrogens with zero attached hydrogens (tertiary/aromatic N) is 5. The van der Waals surface area contributed by atoms with E-state index in [0.29, 0.717) is 55.8 Å². The Kier molecular flexibility index (Phi) is 5.97. The Morgan fingerprint density at radius 2 is 1.85 bits per heavy atom. The molecule has 9 heteroatoms. The van der Waals surface area contributed by atoms with E-state index in [-0.39, 0.29) is 5.75 Å². The summed E-state index contributed by atoms with van der Waals surface area (Å²) in [6.07, 6.45) is 3.45. The molecule has 4 aromatic rings. The number of hydrogen-bond donors (Lipinski definition) is 1. The highest BCUT2D eigenvalue weighted by molar-refractivity contribution is 7.98. The zero-order valence-electron chi connectivity index (χ0n) is 19.1. The summed E-state index contributed by atoms with van der Waals surface area (Å²) in [6, 6.07) is 15.1. The standard InChI is InChI=1S/C25H27N5O3S/c1-34(2,32)16-19-6-3-5-18(13-19)15-30-17-26-23-22(20-7-4-8-21(31)14-20)27-25(28-24(23)30)29-9-11-33-12-10-29/h3-8,13-14,17,31H,1,9-12,15-16H2,2H3. The lowest BCUT2D eigenvalue weighted by molar-refractivity contribution is 0.122. The van der Waals surface area contributed by atoms with Crippen LogP contribution in [0, 0.1) is 0 Å². The maximum atomic E-state index is 12.2. The Hall–Kier alpha value is -3.43. The van der Waals surface area contributed by atoms with E-state index in [0.717, 1.165) is 22.3 Å². The minimum atomic E-state index is -2.12. The first-order chi connectivity index (χ1) is 16.4. The number of imidazole rings is 1. The third-order valence-corrected chi connectivity index (χ3v) is 6.63. The van der Waals surface area contributed by atoms with Crippen molar-refractivity contribution in [2.24, 2.45) is 0 Å². The maximum Gasteiger partial charge on any atom is 0.228 e. The molecule has 0 saturated carbocycles. The molecule has 176 valence electrons. The Labute approximate surface area is 198 Å². The molecule has 1 aliphatic heterocycles. The van der Waals surface area contributed by atoms with Crippen molar-refractivity contribution < 1.29 is 14.1 Å². The van der Waals surface area contributed by atoms with E-state index in [1.54, 1.807) is 30.8 Å². The van der Waals surface area contributed by atoms with Gasteiger partial charge in [-0.05, 0) is 38.7 Å². The Morgan fingerprint density at radius 3 is 2.62 bits per heavy atom. The number of benzene rings is 2. The number of rotatable bonds is 6. The summed E-state index contributed by atoms with van der Waals surface area (Å²) >= 11 is 0. The zero-order chi connectivity index (χ0) is 23.7. The fraction of sp³-hybridized carbons (Fsp3) is 0.280. The highest BCUT2D eigenvalue weighted by atomic mass is 32.2. The molecule has 34 heavy (non-hydrogen) atoms. The first-order valence-corrected chi connectivity index (χ1v) is 13.4. The molecule has 2 aromatic carbocycles. The molecule has 0 radical (unpaired) electrons. The van der Waals surface area contributed by atoms with Crippen molar-refractivity contribution in [3.8, 4) is 17.0 Å². The van der Waals surface area contributed by atoms with Crippen molar-refractivity contribution in [2.75, 3.05) is 37.5 Å². The lowest BCUT2D eigenvalue weighted by Crippen LogP contribution is -2.37. The van der Waals surface area contributed by atoms with Crippen molar-refractivity contribution in [1.82, 2.24) is 19.5 Å². The van der Waals surface area contributed by atoms with Gasteiger partial charge in [0, 0.05) is 30.7 Å². The van der Waals surface area contributed by atoms with Crippen molar-refractivity contribution in [3.63, 3.8) is 0 Å². The van der Waals surface area contributed by atoms with Crippen LogP contribution in [-0.2, 0) is 26.6 Å². The molecule has 8 nitrogen and oxygen atoms in total. The van der Waals surface area contributed by atoms with E-state index in [9.17, 15) is 9.32 Å². The molecule has 1 atom stereocenters. The number of ether oxygens (including phenoxy) is 1. The van der Waals surface area contributed by atoms with Crippen LogP contribution in [0.3, 0.4) is 0 Å². The molecule has 1 unspecified atom stereocenters. The maximum absolute atomic E-state index is 12.2. The van der Waals surface area contributed by atoms with Crippen LogP contribution in [0.25, 0.3) is 22.4 Å². The first-order valence-electron chi connectivity index (χ1n) is 11.1. The van der Waals surface area contributed by atoms with Gasteiger partial charge >= 0.3 is 0 Å². The number of phenolic OH excluding ortho intramolecular Hbond substituents is 1. The Morgan fingerprint density at radius 1 is 1.09 bits per heavy atom. The van der Waals surface area contributed by atoms with Gasteiger partial charge in [-0.25, -0.2) is 9.97 Å². The third-order valence-electron chi connectivity index (χ3n) is 5.68. The van der Waals surface area contributed by atoms with Gasteiger partial charge in [0.1, 0.15) is 17.0 Å². The molecule has 1 N–H and O–H groups in total. The fourth-order valence-corrected chi connectivity index (χ4v) is 5.06. The fourth-order valence-electron chi connectivity index (χ4n) is 4.17. The number of anilines is 1. The van der Waals surface area contributed by atoms with Crippen LogP contribution in [0.5, 0.6) is 5.75 Å². The van der Waals surface area contributed by atoms with Crippen molar-refractivity contribution in [1.29, 1.82) is 0 Å². The molecule has 1 fully saturated rings. The molecule has 1 aliphatic rings. The Balaban J connectivity index is 1.58. The van der Waals surface area contributed by atoms with Crippen LogP contribution in [-0.4, -0.2) is 67.3 Å². The van der Waals surface area contributed by atoms with Crippen LogP contribution >= 0.6 is 0 Å². The van der Waals surface area contributed by atoms with E-state index in [1.807, 2.05) is 28.8 Å². The molecule has 0 spiro atoms. The summed E-state index contributed by atoms with van der Waals surface area (Å²) in [7, 11) is -2.12. The predicted molar refractivity (Wildman–Crippen MR) is 136 cm³/mol. The summed E-state index contributed by atoms with van der Waals surface area (Å²) in [5.41, 5.74) is 4.91. The molecule has 1 saturated heterocycles. The Bertz CT molecular complexity index is 1440. The van der Waals surface area contributed by atoms with E-state index in [1.165, 1.54) is 0 Å². The van der Waals surface area contributed by atoms with Gasteiger partial charge in [-0.2, -0.15) is 4.98 Å². The van der Waals surface area contributed by atoms with Crippen LogP contribution < -0.4 is 4.90 Å². The highest BCUT2D eigenvalue weighted by Gasteiger charge is 2.20. The van der Waals surface area contributed by atoms with Gasteiger partial charge in [0.15, 0.2) is 5.65 Å². The summed E-state index contributed by atoms with van der Waals surface area (Å²) in [5, 5.41) is 10.1. The quantitative estimate of drug-likeness (QED) is 0.427. The normalized spacial score (nSPS) is 16.0. The third kappa shape index (κ3) is 4.90. The molecular formula is C25H27N5O3S. The summed E-state index contributed by atoms with van der Waals surface area (Å²) in [6.45, 7) is 3.24. The van der Waals surface area contributed by atoms with Crippen molar-refractivity contribution in [2.45, 2.75) is 12.3 Å². The number of aromatic hydroxyl groups is 1. The number of phenols is 1. The molecule has 5 rings (SSSR count). The second kappa shape index (κ2) is 9.08. The molecule has 0 bridgehead atoms. The lowest BCUT2D eigenvalue weighted by atomic mass is 10.1. The van der Waals surface area contributed by atoms with E-state index < -0.39 is 9.52 Å². The number of fused-ring (bicyclic) bond motifs is 1. The topological polar surface area (TPSA) is 93.4 Å². The van der Waals surface area contributed by atoms with E-state index in [4.69, 9.17) is 14.7 Å². The SMILES string of the molecule is C=S(C)(=O)Cc1cccc(Cn2cnc3c(-c4cccc(O)c4)nc(N4CCOCC4)nc32)c1. The smallest absolute Gasteiger partial charge is 0.228 e. The van der Waals surface area contributed by atoms with Gasteiger partial charge in [0.05, 0.1) is 26.1 Å². The minimum absolute atomic E-state index is 0.173. The molecule has 0 amide bonds. The van der Waals surface area contributed by atoms with Crippen LogP contribution in [0.15, 0.2) is 54.9 Å². The van der Waals surface area contributed by atoms with Gasteiger partial charge in [0.25, 0.3) is 0 Å². The number of morpholine rings is 1. The summed E-state index contributed by atoms with van der Waals surface area (Å²) in [5.74, 6) is 5.01. The van der Waals surface area contributed by atoms with Gasteiger partial charge < -0.3 is 19.3 Å². The number of hydrogen-bond acceptors (Lipinski definition) is 7. The van der Waals surface area contributed by atoms with E-state index in [2.05, 4.69) is 21.8 Å². The van der Waals surface area contributed by atoms with Crippen molar-refractivity contribution >= 4 is 32.5 Å². The van der Waals surface area contributed by atoms with Gasteiger partial charge in [-0.15, -0.1) is 0 Å². The molecule has 3 heterocycles. The van der Waals surface area contributed by atoms with Gasteiger partial charge in [-0.1, -0.05) is 36.4 Å². The van der Waals surface area contributed by atoms with Crippen LogP contribution in [0.4, 0.5) is 5.95 Å². The van der Waals surface area contributed by atoms with Crippen LogP contribution in [0.1, 0.15) is 11.1 Å². The number of aromatic nitrogens is 4. The lowest BCUT2D eigenvalue weighted by Gasteiger charge is -2.27. The van der Waals surface area contributed by atoms with E-state index >= 15 is 0 Å². The molecule has 0 aliphatic carbocycles.